The largest absolute Gasteiger partial charge is 0.320 e. The minimum Gasteiger partial charge on any atom is -0.320 e. The van der Waals surface area contributed by atoms with Gasteiger partial charge in [0, 0.05) is 20.5 Å². The van der Waals surface area contributed by atoms with Crippen LogP contribution in [0, 0.1) is 0 Å². The fourth-order valence-electron chi connectivity index (χ4n) is 5.28. The first kappa shape index (κ1) is 31.1. The molecule has 0 fully saturated rings. The minimum atomic E-state index is -5.08. The molecule has 4 aromatic carbocycles. The molecule has 1 aliphatic heterocycles. The lowest BCUT2D eigenvalue weighted by Crippen LogP contribution is -2.14. The van der Waals surface area contributed by atoms with Gasteiger partial charge in [0.25, 0.3) is 32.1 Å². The van der Waals surface area contributed by atoms with E-state index in [1.165, 1.54) is 0 Å². The van der Waals surface area contributed by atoms with Crippen LogP contribution in [-0.2, 0) is 30.1 Å². The average Bonchev–Trinajstić information content (AvgIpc) is 3.69. The molecule has 12 nitrogen and oxygen atoms in total. The summed E-state index contributed by atoms with van der Waals surface area (Å²) in [5, 5.41) is 6.22. The van der Waals surface area contributed by atoms with Gasteiger partial charge in [0.05, 0.1) is 30.9 Å². The van der Waals surface area contributed by atoms with Gasteiger partial charge in [-0.25, -0.2) is 8.42 Å². The molecule has 7 rings (SSSR count). The number of hydrogen-bond acceptors (Lipinski definition) is 10. The van der Waals surface area contributed by atoms with E-state index in [0.717, 1.165) is 67.1 Å². The van der Waals surface area contributed by atoms with Crippen molar-refractivity contribution in [1.82, 2.24) is 0 Å². The Morgan fingerprint density at radius 1 is 0.596 bits per heavy atom. The van der Waals surface area contributed by atoms with E-state index in [2.05, 4.69) is 10.6 Å². The monoisotopic (exact) mass is 726 g/mol. The average molecular weight is 727 g/mol. The topological polar surface area (TPSA) is 201 Å². The lowest BCUT2D eigenvalue weighted by molar-refractivity contribution is 0.102. The number of carbonyl (C=O) groups excluding carboxylic acids is 2. The SMILES string of the molecule is O=C(Nc1cc2c(cc1S(=O)(=O)O)-c1cc(S(=O)(=O)O)c(NC(=O)c3cc4ccccc4s3)cc1S2(=O)=O)c1cc2ccccc2s1. The van der Waals surface area contributed by atoms with E-state index in [9.17, 15) is 43.9 Å². The summed E-state index contributed by atoms with van der Waals surface area (Å²) in [5.41, 5.74) is -1.73. The zero-order chi connectivity index (χ0) is 33.5. The van der Waals surface area contributed by atoms with Gasteiger partial charge in [0.15, 0.2) is 0 Å². The number of thiophene rings is 2. The van der Waals surface area contributed by atoms with Crippen molar-refractivity contribution in [2.75, 3.05) is 10.6 Å². The number of amides is 2. The lowest BCUT2D eigenvalue weighted by Gasteiger charge is -2.12. The molecule has 0 spiro atoms. The third-order valence-electron chi connectivity index (χ3n) is 7.38. The summed E-state index contributed by atoms with van der Waals surface area (Å²) >= 11 is 2.21. The highest BCUT2D eigenvalue weighted by Gasteiger charge is 2.38. The van der Waals surface area contributed by atoms with E-state index in [1.54, 1.807) is 60.7 Å². The second kappa shape index (κ2) is 10.8. The number of fused-ring (bicyclic) bond motifs is 5. The Labute approximate surface area is 274 Å². The molecular formula is C30H18N2O10S5. The summed E-state index contributed by atoms with van der Waals surface area (Å²) < 4.78 is 99.1. The molecule has 0 saturated carbocycles. The van der Waals surface area contributed by atoms with Crippen LogP contribution in [0.3, 0.4) is 0 Å². The van der Waals surface area contributed by atoms with Gasteiger partial charge < -0.3 is 10.6 Å². The standard InChI is InChI=1S/C30H18N2O10S5/c33-29(23-9-15-5-1-3-7-21(15)43-23)31-19-13-25-17(11-27(19)46(37,38)39)18-12-28(47(40,41)42)20(14-26(18)45(25,35)36)32-30(34)24-10-16-6-2-4-8-22(16)44-24/h1-14H,(H,31,33)(H,32,34)(H,37,38,39)(H,40,41,42). The van der Waals surface area contributed by atoms with E-state index in [-0.39, 0.29) is 20.9 Å². The Hall–Kier alpha value is -4.49. The number of benzene rings is 4. The van der Waals surface area contributed by atoms with Crippen molar-refractivity contribution in [2.45, 2.75) is 19.6 Å². The zero-order valence-corrected chi connectivity index (χ0v) is 27.4. The van der Waals surface area contributed by atoms with E-state index >= 15 is 0 Å². The highest BCUT2D eigenvalue weighted by atomic mass is 32.2. The van der Waals surface area contributed by atoms with Crippen LogP contribution in [0.1, 0.15) is 19.3 Å². The van der Waals surface area contributed by atoms with Gasteiger partial charge >= 0.3 is 0 Å². The summed E-state index contributed by atoms with van der Waals surface area (Å²) in [6.45, 7) is 0. The fraction of sp³-hybridized carbons (Fsp3) is 0. The molecule has 3 heterocycles. The highest BCUT2D eigenvalue weighted by molar-refractivity contribution is 7.92. The Bertz CT molecular complexity index is 2450. The van der Waals surface area contributed by atoms with Crippen LogP contribution in [0.25, 0.3) is 31.3 Å². The predicted octanol–water partition coefficient (Wildman–Crippen LogP) is 5.93. The van der Waals surface area contributed by atoms with Crippen LogP contribution in [0.15, 0.2) is 105 Å². The van der Waals surface area contributed by atoms with Crippen LogP contribution in [0.4, 0.5) is 11.4 Å². The van der Waals surface area contributed by atoms with E-state index in [0.29, 0.717) is 0 Å². The molecule has 1 aliphatic rings. The third-order valence-corrected chi connectivity index (χ3v) is 13.2. The molecular weight excluding hydrogens is 709 g/mol. The number of nitrogens with one attached hydrogen (secondary N) is 2. The van der Waals surface area contributed by atoms with Gasteiger partial charge in [-0.2, -0.15) is 16.8 Å². The fourth-order valence-corrected chi connectivity index (χ4v) is 10.2. The Kier molecular flexibility index (Phi) is 7.14. The first-order valence-electron chi connectivity index (χ1n) is 13.3. The maximum atomic E-state index is 13.8. The zero-order valence-electron chi connectivity index (χ0n) is 23.3. The molecule has 0 atom stereocenters. The summed E-state index contributed by atoms with van der Waals surface area (Å²) in [6, 6.07) is 20.6. The molecule has 2 amide bonds. The molecule has 238 valence electrons. The van der Waals surface area contributed by atoms with Crippen LogP contribution in [0.5, 0.6) is 0 Å². The summed E-state index contributed by atoms with van der Waals surface area (Å²) in [4.78, 5) is 23.9. The molecule has 4 N–H and O–H groups in total. The van der Waals surface area contributed by atoms with Gasteiger partial charge in [0.2, 0.25) is 9.84 Å². The van der Waals surface area contributed by atoms with Crippen LogP contribution < -0.4 is 10.6 Å². The molecule has 0 radical (unpaired) electrons. The van der Waals surface area contributed by atoms with Crippen molar-refractivity contribution in [3.05, 3.63) is 94.7 Å². The number of anilines is 2. The van der Waals surface area contributed by atoms with Gasteiger partial charge in [-0.1, -0.05) is 36.4 Å². The highest BCUT2D eigenvalue weighted by Crippen LogP contribution is 2.48. The quantitative estimate of drug-likeness (QED) is 0.149. The normalized spacial score (nSPS) is 13.7. The van der Waals surface area contributed by atoms with Crippen LogP contribution in [0.2, 0.25) is 0 Å². The van der Waals surface area contributed by atoms with Gasteiger partial charge in [-0.05, 0) is 59.3 Å². The van der Waals surface area contributed by atoms with Crippen molar-refractivity contribution >= 4 is 96.1 Å². The van der Waals surface area contributed by atoms with Crippen LogP contribution >= 0.6 is 22.7 Å². The second-order valence-electron chi connectivity index (χ2n) is 10.3. The molecule has 0 aliphatic carbocycles. The minimum absolute atomic E-state index is 0.177. The predicted molar refractivity (Wildman–Crippen MR) is 177 cm³/mol. The smallest absolute Gasteiger partial charge is 0.296 e. The molecule has 2 aromatic heterocycles. The van der Waals surface area contributed by atoms with E-state index < -0.39 is 72.8 Å². The van der Waals surface area contributed by atoms with Gasteiger partial charge in [-0.15, -0.1) is 22.7 Å². The number of carbonyl (C=O) groups is 2. The molecule has 0 unspecified atom stereocenters. The number of sulfone groups is 1. The van der Waals surface area contributed by atoms with Crippen molar-refractivity contribution < 1.29 is 43.9 Å². The molecule has 0 bridgehead atoms. The maximum absolute atomic E-state index is 13.8. The number of hydrogen-bond donors (Lipinski definition) is 4. The molecule has 17 heteroatoms. The lowest BCUT2D eigenvalue weighted by atomic mass is 10.0. The molecule has 6 aromatic rings. The molecule has 47 heavy (non-hydrogen) atoms. The summed E-state index contributed by atoms with van der Waals surface area (Å²) in [5.74, 6) is -1.55. The Balaban J connectivity index is 1.33. The Morgan fingerprint density at radius 3 is 1.34 bits per heavy atom. The number of rotatable bonds is 6. The summed E-state index contributed by atoms with van der Waals surface area (Å²) in [7, 11) is -14.7. The van der Waals surface area contributed by atoms with Crippen molar-refractivity contribution in [1.29, 1.82) is 0 Å². The van der Waals surface area contributed by atoms with Crippen LogP contribution in [-0.4, -0.2) is 46.2 Å². The summed E-state index contributed by atoms with van der Waals surface area (Å²) in [6.07, 6.45) is 0. The van der Waals surface area contributed by atoms with E-state index in [4.69, 9.17) is 0 Å². The first-order valence-corrected chi connectivity index (χ1v) is 19.3. The Morgan fingerprint density at radius 2 is 0.979 bits per heavy atom. The maximum Gasteiger partial charge on any atom is 0.296 e. The van der Waals surface area contributed by atoms with Gasteiger partial charge in [0.1, 0.15) is 9.79 Å². The first-order chi connectivity index (χ1) is 22.1. The van der Waals surface area contributed by atoms with Gasteiger partial charge in [-0.3, -0.25) is 18.7 Å². The van der Waals surface area contributed by atoms with Crippen molar-refractivity contribution in [2.24, 2.45) is 0 Å². The van der Waals surface area contributed by atoms with Crippen molar-refractivity contribution in [3.8, 4) is 11.1 Å². The molecule has 0 saturated heterocycles. The third kappa shape index (κ3) is 5.40. The van der Waals surface area contributed by atoms with Crippen molar-refractivity contribution in [3.63, 3.8) is 0 Å². The second-order valence-corrected chi connectivity index (χ2v) is 17.2. The van der Waals surface area contributed by atoms with E-state index in [1.807, 2.05) is 0 Å².